The number of ketones is 1. The highest BCUT2D eigenvalue weighted by Crippen LogP contribution is 2.08. The minimum absolute atomic E-state index is 0.0681. The fourth-order valence-electron chi connectivity index (χ4n) is 1.30. The van der Waals surface area contributed by atoms with Gasteiger partial charge in [0.15, 0.2) is 5.78 Å². The van der Waals surface area contributed by atoms with Crippen molar-refractivity contribution in [3.63, 3.8) is 0 Å². The van der Waals surface area contributed by atoms with Gasteiger partial charge in [-0.1, -0.05) is 37.6 Å². The van der Waals surface area contributed by atoms with Gasteiger partial charge in [-0.3, -0.25) is 4.79 Å². The van der Waals surface area contributed by atoms with E-state index < -0.39 is 0 Å². The lowest BCUT2D eigenvalue weighted by Gasteiger charge is -2.02. The van der Waals surface area contributed by atoms with Crippen LogP contribution < -0.4 is 0 Å². The zero-order valence-electron chi connectivity index (χ0n) is 8.63. The second-order valence-electron chi connectivity index (χ2n) is 3.36. The number of carbonyl (C=O) groups is 1. The molecular formula is C12H15NO. The van der Waals surface area contributed by atoms with Crippen LogP contribution in [0.1, 0.15) is 42.6 Å². The Labute approximate surface area is 84.5 Å². The van der Waals surface area contributed by atoms with Crippen molar-refractivity contribution >= 4 is 11.5 Å². The molecule has 0 amide bonds. The fourth-order valence-corrected chi connectivity index (χ4v) is 1.30. The van der Waals surface area contributed by atoms with Crippen molar-refractivity contribution in [1.29, 1.82) is 5.41 Å². The molecule has 0 heterocycles. The Bertz CT molecular complexity index is 338. The Hall–Kier alpha value is -1.44. The van der Waals surface area contributed by atoms with Crippen molar-refractivity contribution in [2.24, 2.45) is 0 Å². The molecule has 2 heteroatoms. The summed E-state index contributed by atoms with van der Waals surface area (Å²) in [6.45, 7) is 3.60. The third kappa shape index (κ3) is 2.52. The summed E-state index contributed by atoms with van der Waals surface area (Å²) in [5, 5.41) is 7.72. The van der Waals surface area contributed by atoms with Crippen molar-refractivity contribution in [2.45, 2.75) is 26.7 Å². The van der Waals surface area contributed by atoms with Crippen molar-refractivity contribution < 1.29 is 4.79 Å². The summed E-state index contributed by atoms with van der Waals surface area (Å²) >= 11 is 0. The Kier molecular flexibility index (Phi) is 3.57. The molecule has 1 N–H and O–H groups in total. The third-order valence-electron chi connectivity index (χ3n) is 2.14. The van der Waals surface area contributed by atoms with Crippen LogP contribution in [0.2, 0.25) is 0 Å². The first-order valence-electron chi connectivity index (χ1n) is 4.84. The quantitative estimate of drug-likeness (QED) is 0.574. The molecule has 0 aliphatic rings. The van der Waals surface area contributed by atoms with Gasteiger partial charge in [0, 0.05) is 11.3 Å². The minimum atomic E-state index is 0.0681. The van der Waals surface area contributed by atoms with E-state index in [4.69, 9.17) is 5.41 Å². The van der Waals surface area contributed by atoms with E-state index in [2.05, 4.69) is 6.92 Å². The van der Waals surface area contributed by atoms with Crippen LogP contribution in [-0.4, -0.2) is 11.5 Å². The van der Waals surface area contributed by atoms with Gasteiger partial charge in [0.05, 0.1) is 0 Å². The number of hydrogen-bond donors (Lipinski definition) is 1. The summed E-state index contributed by atoms with van der Waals surface area (Å²) in [6, 6.07) is 7.24. The Morgan fingerprint density at radius 1 is 1.21 bits per heavy atom. The molecule has 14 heavy (non-hydrogen) atoms. The second kappa shape index (κ2) is 4.70. The van der Waals surface area contributed by atoms with Crippen LogP contribution in [0.15, 0.2) is 24.3 Å². The molecule has 0 saturated heterocycles. The molecule has 1 rings (SSSR count). The first-order chi connectivity index (χ1) is 6.65. The van der Waals surface area contributed by atoms with Crippen molar-refractivity contribution in [1.82, 2.24) is 0 Å². The lowest BCUT2D eigenvalue weighted by atomic mass is 10.0. The smallest absolute Gasteiger partial charge is 0.159 e. The molecule has 0 spiro atoms. The zero-order chi connectivity index (χ0) is 10.6. The van der Waals surface area contributed by atoms with Crippen LogP contribution in [0.4, 0.5) is 0 Å². The monoisotopic (exact) mass is 189 g/mol. The van der Waals surface area contributed by atoms with Crippen molar-refractivity contribution in [3.8, 4) is 0 Å². The molecule has 0 radical (unpaired) electrons. The Morgan fingerprint density at radius 3 is 2.14 bits per heavy atom. The van der Waals surface area contributed by atoms with Gasteiger partial charge in [0.25, 0.3) is 0 Å². The van der Waals surface area contributed by atoms with Gasteiger partial charge in [-0.25, -0.2) is 0 Å². The summed E-state index contributed by atoms with van der Waals surface area (Å²) in [5.41, 5.74) is 2.26. The van der Waals surface area contributed by atoms with E-state index in [0.717, 1.165) is 18.4 Å². The first kappa shape index (κ1) is 10.6. The number of carbonyl (C=O) groups excluding carboxylic acids is 1. The average Bonchev–Trinajstić information content (AvgIpc) is 2.18. The summed E-state index contributed by atoms with van der Waals surface area (Å²) in [4.78, 5) is 11.0. The Morgan fingerprint density at radius 2 is 1.71 bits per heavy atom. The molecule has 0 fully saturated rings. The van der Waals surface area contributed by atoms with Gasteiger partial charge in [-0.05, 0) is 18.9 Å². The van der Waals surface area contributed by atoms with Gasteiger partial charge in [0.1, 0.15) is 0 Å². The fraction of sp³-hybridized carbons (Fsp3) is 0.333. The predicted molar refractivity (Wildman–Crippen MR) is 58.2 cm³/mol. The molecule has 1 aromatic rings. The van der Waals surface area contributed by atoms with Crippen LogP contribution >= 0.6 is 0 Å². The summed E-state index contributed by atoms with van der Waals surface area (Å²) in [5.74, 6) is 0.0681. The third-order valence-corrected chi connectivity index (χ3v) is 2.14. The number of rotatable bonds is 4. The van der Waals surface area contributed by atoms with Gasteiger partial charge in [-0.15, -0.1) is 0 Å². The maximum atomic E-state index is 11.0. The van der Waals surface area contributed by atoms with E-state index in [1.807, 2.05) is 12.1 Å². The largest absolute Gasteiger partial charge is 0.305 e. The van der Waals surface area contributed by atoms with Crippen LogP contribution in [0.3, 0.4) is 0 Å². The maximum Gasteiger partial charge on any atom is 0.159 e. The molecule has 0 bridgehead atoms. The molecule has 0 aromatic heterocycles. The van der Waals surface area contributed by atoms with Gasteiger partial charge >= 0.3 is 0 Å². The highest BCUT2D eigenvalue weighted by atomic mass is 16.1. The Balaban J connectivity index is 2.83. The zero-order valence-corrected chi connectivity index (χ0v) is 8.63. The van der Waals surface area contributed by atoms with Gasteiger partial charge < -0.3 is 5.41 Å². The topological polar surface area (TPSA) is 40.9 Å². The normalized spacial score (nSPS) is 9.86. The molecule has 74 valence electrons. The van der Waals surface area contributed by atoms with Crippen LogP contribution in [0.5, 0.6) is 0 Å². The molecule has 0 aliphatic heterocycles. The van der Waals surface area contributed by atoms with E-state index in [-0.39, 0.29) is 5.78 Å². The minimum Gasteiger partial charge on any atom is -0.305 e. The number of hydrogen-bond acceptors (Lipinski definition) is 2. The predicted octanol–water partition coefficient (Wildman–Crippen LogP) is 3.06. The summed E-state index contributed by atoms with van der Waals surface area (Å²) in [6.07, 6.45) is 1.77. The maximum absolute atomic E-state index is 11.0. The lowest BCUT2D eigenvalue weighted by Crippen LogP contribution is -1.99. The van der Waals surface area contributed by atoms with Crippen LogP contribution in [0.25, 0.3) is 0 Å². The van der Waals surface area contributed by atoms with Crippen molar-refractivity contribution in [3.05, 3.63) is 35.4 Å². The van der Waals surface area contributed by atoms with E-state index in [9.17, 15) is 4.79 Å². The molecule has 0 aliphatic carbocycles. The number of nitrogens with one attached hydrogen (secondary N) is 1. The standard InChI is InChI=1S/C12H15NO/c1-3-4-12(13)11-7-5-10(6-8-11)9(2)14/h5-8,13H,3-4H2,1-2H3. The molecule has 0 unspecified atom stereocenters. The molecular weight excluding hydrogens is 174 g/mol. The van der Waals surface area contributed by atoms with E-state index >= 15 is 0 Å². The summed E-state index contributed by atoms with van der Waals surface area (Å²) in [7, 11) is 0. The van der Waals surface area contributed by atoms with Gasteiger partial charge in [-0.2, -0.15) is 0 Å². The highest BCUT2D eigenvalue weighted by molar-refractivity contribution is 6.00. The number of benzene rings is 1. The van der Waals surface area contributed by atoms with Crippen LogP contribution in [0, 0.1) is 5.41 Å². The highest BCUT2D eigenvalue weighted by Gasteiger charge is 2.02. The van der Waals surface area contributed by atoms with Gasteiger partial charge in [0.2, 0.25) is 0 Å². The summed E-state index contributed by atoms with van der Waals surface area (Å²) < 4.78 is 0. The lowest BCUT2D eigenvalue weighted by molar-refractivity contribution is 0.101. The second-order valence-corrected chi connectivity index (χ2v) is 3.36. The molecule has 0 saturated carbocycles. The molecule has 1 aromatic carbocycles. The van der Waals surface area contributed by atoms with E-state index in [1.165, 1.54) is 0 Å². The van der Waals surface area contributed by atoms with E-state index in [1.54, 1.807) is 19.1 Å². The van der Waals surface area contributed by atoms with E-state index in [0.29, 0.717) is 11.3 Å². The SMILES string of the molecule is CCCC(=N)c1ccc(C(C)=O)cc1. The average molecular weight is 189 g/mol. The molecule has 0 atom stereocenters. The van der Waals surface area contributed by atoms with Crippen LogP contribution in [-0.2, 0) is 0 Å². The molecule has 2 nitrogen and oxygen atoms in total. The first-order valence-corrected chi connectivity index (χ1v) is 4.84. The number of Topliss-reactive ketones (excluding diaryl/α,β-unsaturated/α-hetero) is 1. The van der Waals surface area contributed by atoms with Crippen molar-refractivity contribution in [2.75, 3.05) is 0 Å².